The van der Waals surface area contributed by atoms with E-state index in [9.17, 15) is 0 Å². The van der Waals surface area contributed by atoms with Crippen LogP contribution in [-0.4, -0.2) is 11.7 Å². The molecule has 2 N–H and O–H groups in total. The summed E-state index contributed by atoms with van der Waals surface area (Å²) in [6.07, 6.45) is 0. The Morgan fingerprint density at radius 2 is 2.31 bits per heavy atom. The van der Waals surface area contributed by atoms with E-state index in [1.165, 1.54) is 5.56 Å². The number of hydrogen-bond donors (Lipinski definition) is 1. The van der Waals surface area contributed by atoms with Crippen molar-refractivity contribution in [3.63, 3.8) is 0 Å². The second kappa shape index (κ2) is 4.63. The summed E-state index contributed by atoms with van der Waals surface area (Å²) in [6, 6.07) is 5.79. The number of halogens is 2. The molecule has 0 saturated heterocycles. The van der Waals surface area contributed by atoms with Gasteiger partial charge in [0.25, 0.3) is 0 Å². The summed E-state index contributed by atoms with van der Waals surface area (Å²) in [5.74, 6) is 0.684. The predicted molar refractivity (Wildman–Crippen MR) is 60.9 cm³/mol. The molecule has 1 aromatic rings. The van der Waals surface area contributed by atoms with Gasteiger partial charge in [0.2, 0.25) is 0 Å². The third kappa shape index (κ3) is 3.01. The molecule has 0 radical (unpaired) electrons. The normalized spacial score (nSPS) is 11.8. The fourth-order valence-corrected chi connectivity index (χ4v) is 1.27. The molecule has 1 rings (SSSR count). The van der Waals surface area contributed by atoms with Gasteiger partial charge in [-0.3, -0.25) is 0 Å². The van der Waals surface area contributed by atoms with E-state index in [1.54, 1.807) is 0 Å². The van der Waals surface area contributed by atoms with Gasteiger partial charge in [-0.1, -0.05) is 22.0 Å². The topological polar surface area (TPSA) is 38.4 Å². The van der Waals surface area contributed by atoms with E-state index < -0.39 is 0 Å². The van der Waals surface area contributed by atoms with Gasteiger partial charge in [-0.25, -0.2) is 4.99 Å². The number of amidine groups is 1. The molecule has 13 heavy (non-hydrogen) atoms. The van der Waals surface area contributed by atoms with Gasteiger partial charge >= 0.3 is 0 Å². The van der Waals surface area contributed by atoms with Crippen LogP contribution in [0.4, 0.5) is 5.69 Å². The summed E-state index contributed by atoms with van der Waals surface area (Å²) in [4.78, 5) is 4.11. The van der Waals surface area contributed by atoms with E-state index in [0.717, 1.165) is 10.2 Å². The molecule has 0 bridgehead atoms. The smallest absolute Gasteiger partial charge is 0.115 e. The molecule has 70 valence electrons. The highest BCUT2D eigenvalue weighted by molar-refractivity contribution is 9.10. The van der Waals surface area contributed by atoms with Crippen LogP contribution < -0.4 is 5.73 Å². The Bertz CT molecular complexity index is 336. The van der Waals surface area contributed by atoms with Gasteiger partial charge in [-0.15, -0.1) is 11.6 Å². The molecular weight excluding hydrogens is 251 g/mol. The van der Waals surface area contributed by atoms with Crippen LogP contribution in [0.2, 0.25) is 0 Å². The molecule has 0 spiro atoms. The average Bonchev–Trinajstić information content (AvgIpc) is 2.11. The first-order chi connectivity index (χ1) is 6.13. The predicted octanol–water partition coefficient (Wildman–Crippen LogP) is 2.99. The van der Waals surface area contributed by atoms with Crippen molar-refractivity contribution in [2.75, 3.05) is 5.88 Å². The maximum Gasteiger partial charge on any atom is 0.115 e. The van der Waals surface area contributed by atoms with Crippen LogP contribution in [0.25, 0.3) is 0 Å². The summed E-state index contributed by atoms with van der Waals surface area (Å²) >= 11 is 8.92. The fraction of sp³-hybridized carbons (Fsp3) is 0.222. The van der Waals surface area contributed by atoms with Crippen LogP contribution in [0.15, 0.2) is 27.7 Å². The van der Waals surface area contributed by atoms with Crippen LogP contribution >= 0.6 is 27.5 Å². The van der Waals surface area contributed by atoms with E-state index in [0.29, 0.717) is 5.84 Å². The summed E-state index contributed by atoms with van der Waals surface area (Å²) in [5.41, 5.74) is 7.48. The van der Waals surface area contributed by atoms with Crippen LogP contribution in [0.3, 0.4) is 0 Å². The van der Waals surface area contributed by atoms with Gasteiger partial charge in [0.05, 0.1) is 11.6 Å². The maximum atomic E-state index is 5.51. The quantitative estimate of drug-likeness (QED) is 0.496. The standard InChI is InChI=1S/C9H10BrClN2/c1-6-2-3-7(4-8(6)10)13-9(12)5-11/h2-4H,5H2,1H3,(H2,12,13). The van der Waals surface area contributed by atoms with Crippen molar-refractivity contribution in [2.45, 2.75) is 6.92 Å². The highest BCUT2D eigenvalue weighted by Crippen LogP contribution is 2.22. The summed E-state index contributed by atoms with van der Waals surface area (Å²) in [6.45, 7) is 2.02. The first-order valence-corrected chi connectivity index (χ1v) is 5.11. The minimum absolute atomic E-state index is 0.255. The van der Waals surface area contributed by atoms with Gasteiger partial charge in [-0.05, 0) is 24.6 Å². The number of aryl methyl sites for hydroxylation is 1. The first kappa shape index (κ1) is 10.5. The van der Waals surface area contributed by atoms with Gasteiger partial charge in [0, 0.05) is 4.47 Å². The second-order valence-electron chi connectivity index (χ2n) is 2.67. The third-order valence-corrected chi connectivity index (χ3v) is 2.69. The molecule has 0 fully saturated rings. The Hall–Kier alpha value is -0.540. The summed E-state index contributed by atoms with van der Waals surface area (Å²) in [5, 5.41) is 0. The van der Waals surface area contributed by atoms with Crippen molar-refractivity contribution in [2.24, 2.45) is 10.7 Å². The van der Waals surface area contributed by atoms with E-state index in [1.807, 2.05) is 25.1 Å². The number of nitrogens with two attached hydrogens (primary N) is 1. The molecule has 0 heterocycles. The zero-order chi connectivity index (χ0) is 9.84. The van der Waals surface area contributed by atoms with Crippen molar-refractivity contribution in [3.05, 3.63) is 28.2 Å². The number of aliphatic imine (C=N–C) groups is 1. The highest BCUT2D eigenvalue weighted by Gasteiger charge is 1.96. The average molecular weight is 262 g/mol. The lowest BCUT2D eigenvalue weighted by Crippen LogP contribution is -2.12. The van der Waals surface area contributed by atoms with Gasteiger partial charge < -0.3 is 5.73 Å². The van der Waals surface area contributed by atoms with Crippen LogP contribution in [-0.2, 0) is 0 Å². The van der Waals surface area contributed by atoms with Crippen molar-refractivity contribution in [1.29, 1.82) is 0 Å². The molecule has 4 heteroatoms. The van der Waals surface area contributed by atoms with Crippen LogP contribution in [0, 0.1) is 6.92 Å². The zero-order valence-corrected chi connectivity index (χ0v) is 9.56. The van der Waals surface area contributed by atoms with E-state index in [2.05, 4.69) is 20.9 Å². The fourth-order valence-electron chi connectivity index (χ4n) is 0.847. The Kier molecular flexibility index (Phi) is 3.75. The number of nitrogens with zero attached hydrogens (tertiary/aromatic N) is 1. The Morgan fingerprint density at radius 3 is 2.85 bits per heavy atom. The largest absolute Gasteiger partial charge is 0.386 e. The zero-order valence-electron chi connectivity index (χ0n) is 7.22. The lowest BCUT2D eigenvalue weighted by atomic mass is 10.2. The SMILES string of the molecule is Cc1ccc(N=C(N)CCl)cc1Br. The summed E-state index contributed by atoms with van der Waals surface area (Å²) in [7, 11) is 0. The Morgan fingerprint density at radius 1 is 1.62 bits per heavy atom. The van der Waals surface area contributed by atoms with E-state index in [-0.39, 0.29) is 5.88 Å². The second-order valence-corrected chi connectivity index (χ2v) is 3.79. The Balaban J connectivity index is 2.98. The molecule has 0 aromatic heterocycles. The minimum Gasteiger partial charge on any atom is -0.386 e. The van der Waals surface area contributed by atoms with E-state index >= 15 is 0 Å². The third-order valence-electron chi connectivity index (χ3n) is 1.57. The van der Waals surface area contributed by atoms with E-state index in [4.69, 9.17) is 17.3 Å². The molecular formula is C9H10BrClN2. The Labute approximate surface area is 90.9 Å². The van der Waals surface area contributed by atoms with Crippen LogP contribution in [0.1, 0.15) is 5.56 Å². The molecule has 2 nitrogen and oxygen atoms in total. The maximum absolute atomic E-state index is 5.51. The van der Waals surface area contributed by atoms with Gasteiger partial charge in [0.15, 0.2) is 0 Å². The number of alkyl halides is 1. The van der Waals surface area contributed by atoms with Crippen molar-refractivity contribution < 1.29 is 0 Å². The van der Waals surface area contributed by atoms with Crippen molar-refractivity contribution >= 4 is 39.1 Å². The molecule has 0 aliphatic carbocycles. The number of rotatable bonds is 2. The van der Waals surface area contributed by atoms with Gasteiger partial charge in [-0.2, -0.15) is 0 Å². The number of hydrogen-bond acceptors (Lipinski definition) is 1. The molecule has 0 saturated carbocycles. The molecule has 0 atom stereocenters. The number of benzene rings is 1. The van der Waals surface area contributed by atoms with Gasteiger partial charge in [0.1, 0.15) is 5.84 Å². The van der Waals surface area contributed by atoms with Crippen molar-refractivity contribution in [3.8, 4) is 0 Å². The molecule has 0 unspecified atom stereocenters. The lowest BCUT2D eigenvalue weighted by molar-refractivity contribution is 1.38. The molecule has 1 aromatic carbocycles. The highest BCUT2D eigenvalue weighted by atomic mass is 79.9. The molecule has 0 amide bonds. The lowest BCUT2D eigenvalue weighted by Gasteiger charge is -2.00. The molecule has 0 aliphatic heterocycles. The molecule has 0 aliphatic rings. The monoisotopic (exact) mass is 260 g/mol. The first-order valence-electron chi connectivity index (χ1n) is 3.78. The van der Waals surface area contributed by atoms with Crippen molar-refractivity contribution in [1.82, 2.24) is 0 Å². The minimum atomic E-state index is 0.255. The summed E-state index contributed by atoms with van der Waals surface area (Å²) < 4.78 is 1.02. The van der Waals surface area contributed by atoms with Crippen LogP contribution in [0.5, 0.6) is 0 Å².